The topological polar surface area (TPSA) is 123 Å². The van der Waals surface area contributed by atoms with Crippen molar-refractivity contribution in [2.24, 2.45) is 0 Å². The van der Waals surface area contributed by atoms with Crippen LogP contribution >= 0.6 is 7.82 Å². The molecular weight excluding hydrogens is 509 g/mol. The standard InChI is InChI=1S/C28H58NO8P/c1-5-6-7-8-9-10-11-12-13-14-15-16-17-18-19-20-21-22-27(31)28(23-29(2,3)4)37-38(33,34)35-25-26(24-30)36-32/h26,28,30H,5-25H2,1-4H3,(H-,32,33,34)/p+1/t26-,28?/m1/s1. The molecular formula is C28H59NO8P+. The van der Waals surface area contributed by atoms with Crippen molar-refractivity contribution in [1.82, 2.24) is 0 Å². The van der Waals surface area contributed by atoms with Gasteiger partial charge in [0.1, 0.15) is 12.6 Å². The number of hydrogen-bond acceptors (Lipinski definition) is 7. The van der Waals surface area contributed by atoms with Crippen molar-refractivity contribution in [2.75, 3.05) is 40.9 Å². The number of Topliss-reactive ketones (excluding diaryl/α,β-unsaturated/α-hetero) is 1. The summed E-state index contributed by atoms with van der Waals surface area (Å²) < 4.78 is 22.7. The van der Waals surface area contributed by atoms with E-state index in [4.69, 9.17) is 19.4 Å². The molecule has 2 unspecified atom stereocenters. The average molecular weight is 569 g/mol. The van der Waals surface area contributed by atoms with Gasteiger partial charge in [-0.1, -0.05) is 110 Å². The normalized spacial score (nSPS) is 15.3. The summed E-state index contributed by atoms with van der Waals surface area (Å²) in [5.74, 6) is -0.228. The summed E-state index contributed by atoms with van der Waals surface area (Å²) in [5.41, 5.74) is 0. The number of aliphatic hydroxyl groups excluding tert-OH is 1. The lowest BCUT2D eigenvalue weighted by molar-refractivity contribution is -0.872. The van der Waals surface area contributed by atoms with Gasteiger partial charge in [-0.15, -0.1) is 0 Å². The highest BCUT2D eigenvalue weighted by molar-refractivity contribution is 7.47. The SMILES string of the molecule is CCCCCCCCCCCCCCCCCCCC(=O)C(C[N+](C)(C)C)OP(=O)(O)OC[C@@H](CO)OO. The monoisotopic (exact) mass is 568 g/mol. The first-order valence-corrected chi connectivity index (χ1v) is 16.4. The highest BCUT2D eigenvalue weighted by atomic mass is 31.2. The molecule has 38 heavy (non-hydrogen) atoms. The fourth-order valence-corrected chi connectivity index (χ4v) is 5.28. The Morgan fingerprint density at radius 1 is 0.789 bits per heavy atom. The van der Waals surface area contributed by atoms with E-state index >= 15 is 0 Å². The van der Waals surface area contributed by atoms with E-state index in [0.717, 1.165) is 19.3 Å². The summed E-state index contributed by atoms with van der Waals surface area (Å²) in [6, 6.07) is 0. The minimum atomic E-state index is -4.58. The molecule has 228 valence electrons. The third-order valence-electron chi connectivity index (χ3n) is 6.64. The summed E-state index contributed by atoms with van der Waals surface area (Å²) in [6.45, 7) is 1.32. The number of unbranched alkanes of at least 4 members (excludes halogenated alkanes) is 16. The van der Waals surface area contributed by atoms with Crippen LogP contribution in [-0.4, -0.2) is 78.6 Å². The number of hydrogen-bond donors (Lipinski definition) is 3. The Hall–Kier alpha value is -0.380. The Labute approximate surface area is 232 Å². The maximum atomic E-state index is 12.8. The number of phosphoric acid groups is 1. The molecule has 0 amide bonds. The predicted molar refractivity (Wildman–Crippen MR) is 152 cm³/mol. The second kappa shape index (κ2) is 23.3. The van der Waals surface area contributed by atoms with Crippen LogP contribution in [0.4, 0.5) is 0 Å². The number of rotatable bonds is 28. The molecule has 0 saturated heterocycles. The van der Waals surface area contributed by atoms with Gasteiger partial charge in [-0.25, -0.2) is 9.45 Å². The molecule has 0 rings (SSSR count). The van der Waals surface area contributed by atoms with Gasteiger partial charge in [0.25, 0.3) is 0 Å². The summed E-state index contributed by atoms with van der Waals surface area (Å²) in [6.07, 6.45) is 19.5. The number of quaternary nitrogens is 1. The van der Waals surface area contributed by atoms with Crippen molar-refractivity contribution < 1.29 is 43.0 Å². The number of nitrogens with zero attached hydrogens (tertiary/aromatic N) is 1. The fraction of sp³-hybridized carbons (Fsp3) is 0.964. The number of carbonyl (C=O) groups excluding carboxylic acids is 1. The summed E-state index contributed by atoms with van der Waals surface area (Å²) in [7, 11) is 1.02. The Bertz CT molecular complexity index is 610. The fourth-order valence-electron chi connectivity index (χ4n) is 4.36. The van der Waals surface area contributed by atoms with E-state index in [9.17, 15) is 14.3 Å². The van der Waals surface area contributed by atoms with E-state index in [0.29, 0.717) is 4.48 Å². The van der Waals surface area contributed by atoms with Crippen LogP contribution in [-0.2, 0) is 23.3 Å². The van der Waals surface area contributed by atoms with Gasteiger partial charge in [-0.3, -0.25) is 19.1 Å². The van der Waals surface area contributed by atoms with E-state index in [2.05, 4.69) is 11.8 Å². The number of ketones is 1. The lowest BCUT2D eigenvalue weighted by Gasteiger charge is -2.29. The molecule has 3 atom stereocenters. The van der Waals surface area contributed by atoms with Crippen LogP contribution in [0.25, 0.3) is 0 Å². The molecule has 0 fully saturated rings. The van der Waals surface area contributed by atoms with Crippen molar-refractivity contribution in [1.29, 1.82) is 0 Å². The van der Waals surface area contributed by atoms with Crippen molar-refractivity contribution in [3.05, 3.63) is 0 Å². The van der Waals surface area contributed by atoms with Crippen molar-refractivity contribution >= 4 is 13.6 Å². The van der Waals surface area contributed by atoms with Crippen LogP contribution in [0.1, 0.15) is 122 Å². The molecule has 0 bridgehead atoms. The van der Waals surface area contributed by atoms with Gasteiger partial charge in [-0.2, -0.15) is 0 Å². The molecule has 0 aromatic rings. The zero-order valence-electron chi connectivity index (χ0n) is 24.8. The lowest BCUT2D eigenvalue weighted by atomic mass is 10.0. The second-order valence-corrected chi connectivity index (χ2v) is 13.0. The van der Waals surface area contributed by atoms with Gasteiger partial charge < -0.3 is 14.5 Å². The first kappa shape index (κ1) is 37.6. The largest absolute Gasteiger partial charge is 0.473 e. The molecule has 0 heterocycles. The summed E-state index contributed by atoms with van der Waals surface area (Å²) in [5, 5.41) is 17.6. The highest BCUT2D eigenvalue weighted by Crippen LogP contribution is 2.45. The van der Waals surface area contributed by atoms with Crippen LogP contribution < -0.4 is 0 Å². The minimum Gasteiger partial charge on any atom is -0.393 e. The molecule has 0 radical (unpaired) electrons. The zero-order chi connectivity index (χ0) is 28.7. The molecule has 0 aliphatic carbocycles. The number of phosphoric ester groups is 1. The van der Waals surface area contributed by atoms with Crippen molar-refractivity contribution in [3.8, 4) is 0 Å². The number of aliphatic hydroxyl groups is 1. The molecule has 0 aliphatic heterocycles. The van der Waals surface area contributed by atoms with Crippen LogP contribution in [0.5, 0.6) is 0 Å². The summed E-state index contributed by atoms with van der Waals surface area (Å²) >= 11 is 0. The first-order valence-electron chi connectivity index (χ1n) is 14.9. The summed E-state index contributed by atoms with van der Waals surface area (Å²) in [4.78, 5) is 26.7. The molecule has 0 spiro atoms. The molecule has 0 aromatic carbocycles. The van der Waals surface area contributed by atoms with Gasteiger partial charge in [0.05, 0.1) is 34.4 Å². The Morgan fingerprint density at radius 3 is 1.58 bits per heavy atom. The maximum Gasteiger partial charge on any atom is 0.473 e. The number of likely N-dealkylation sites (N-methyl/N-ethyl adjacent to an activating group) is 1. The van der Waals surface area contributed by atoms with E-state index in [1.54, 1.807) is 0 Å². The molecule has 0 saturated carbocycles. The Balaban J connectivity index is 4.01. The minimum absolute atomic E-state index is 0.214. The number of carbonyl (C=O) groups is 1. The molecule has 3 N–H and O–H groups in total. The smallest absolute Gasteiger partial charge is 0.393 e. The van der Waals surface area contributed by atoms with Crippen molar-refractivity contribution in [2.45, 2.75) is 135 Å². The molecule has 0 aliphatic rings. The second-order valence-electron chi connectivity index (χ2n) is 11.6. The third-order valence-corrected chi connectivity index (χ3v) is 7.63. The van der Waals surface area contributed by atoms with Gasteiger partial charge in [0.2, 0.25) is 0 Å². The maximum absolute atomic E-state index is 12.8. The van der Waals surface area contributed by atoms with Gasteiger partial charge >= 0.3 is 7.82 Å². The first-order chi connectivity index (χ1) is 18.0. The molecule has 10 heteroatoms. The third kappa shape index (κ3) is 23.5. The van der Waals surface area contributed by atoms with Crippen LogP contribution in [0.15, 0.2) is 0 Å². The van der Waals surface area contributed by atoms with Gasteiger partial charge in [0.15, 0.2) is 11.9 Å². The van der Waals surface area contributed by atoms with Gasteiger partial charge in [0, 0.05) is 6.42 Å². The highest BCUT2D eigenvalue weighted by Gasteiger charge is 2.35. The lowest BCUT2D eigenvalue weighted by Crippen LogP contribution is -2.45. The van der Waals surface area contributed by atoms with Gasteiger partial charge in [-0.05, 0) is 6.42 Å². The zero-order valence-corrected chi connectivity index (χ0v) is 25.7. The van der Waals surface area contributed by atoms with Crippen LogP contribution in [0, 0.1) is 0 Å². The molecule has 9 nitrogen and oxygen atoms in total. The van der Waals surface area contributed by atoms with E-state index < -0.39 is 33.2 Å². The Kier molecular flexibility index (Phi) is 23.1. The van der Waals surface area contributed by atoms with Crippen LogP contribution in [0.2, 0.25) is 0 Å². The quantitative estimate of drug-likeness (QED) is 0.0315. The van der Waals surface area contributed by atoms with Crippen molar-refractivity contribution in [3.63, 3.8) is 0 Å². The predicted octanol–water partition coefficient (Wildman–Crippen LogP) is 6.66. The Morgan fingerprint density at radius 2 is 1.21 bits per heavy atom. The average Bonchev–Trinajstić information content (AvgIpc) is 2.85. The molecule has 0 aromatic heterocycles. The van der Waals surface area contributed by atoms with E-state index in [-0.39, 0.29) is 18.7 Å². The van der Waals surface area contributed by atoms with Crippen LogP contribution in [0.3, 0.4) is 0 Å². The van der Waals surface area contributed by atoms with E-state index in [1.165, 1.54) is 89.9 Å². The van der Waals surface area contributed by atoms with E-state index in [1.807, 2.05) is 21.1 Å².